The molecule has 3 rings (SSSR count). The number of hydrogen-bond donors (Lipinski definition) is 2. The molecule has 0 spiro atoms. The standard InChI is InChI=1S/C23H23NO6/c1-13-16-9-10-19(29-3)14(2)21(16)30-23(28)17(13)12-20(25)24-18(22(26)27)11-15-7-5-4-6-8-15/h4-10,18H,11-12H2,1-3H3,(H,24,25)(H,26,27). The zero-order valence-electron chi connectivity index (χ0n) is 17.0. The van der Waals surface area contributed by atoms with E-state index in [1.165, 1.54) is 7.11 Å². The molecule has 0 aliphatic heterocycles. The molecule has 0 aliphatic carbocycles. The number of nitrogens with one attached hydrogen (secondary N) is 1. The first-order valence-corrected chi connectivity index (χ1v) is 9.47. The number of carboxylic acid groups (broad SMARTS) is 1. The summed E-state index contributed by atoms with van der Waals surface area (Å²) in [5.41, 5.74) is 2.09. The minimum Gasteiger partial charge on any atom is -0.496 e. The van der Waals surface area contributed by atoms with Crippen LogP contribution in [0.15, 0.2) is 51.7 Å². The largest absolute Gasteiger partial charge is 0.496 e. The molecule has 156 valence electrons. The monoisotopic (exact) mass is 409 g/mol. The van der Waals surface area contributed by atoms with Crippen LogP contribution in [-0.4, -0.2) is 30.1 Å². The Labute approximate surface area is 173 Å². The highest BCUT2D eigenvalue weighted by atomic mass is 16.5. The van der Waals surface area contributed by atoms with Crippen molar-refractivity contribution in [2.24, 2.45) is 0 Å². The van der Waals surface area contributed by atoms with Crippen LogP contribution in [0.1, 0.15) is 22.3 Å². The third-order valence-electron chi connectivity index (χ3n) is 5.13. The van der Waals surface area contributed by atoms with Gasteiger partial charge in [-0.2, -0.15) is 0 Å². The van der Waals surface area contributed by atoms with Gasteiger partial charge in [0.25, 0.3) is 0 Å². The fourth-order valence-electron chi connectivity index (χ4n) is 3.45. The third kappa shape index (κ3) is 4.35. The SMILES string of the molecule is COc1ccc2c(C)c(CC(=O)NC(Cc3ccccc3)C(=O)O)c(=O)oc2c1C. The molecule has 0 bridgehead atoms. The Morgan fingerprint density at radius 3 is 2.43 bits per heavy atom. The highest BCUT2D eigenvalue weighted by Gasteiger charge is 2.23. The van der Waals surface area contributed by atoms with Crippen molar-refractivity contribution >= 4 is 22.8 Å². The van der Waals surface area contributed by atoms with Gasteiger partial charge in [-0.15, -0.1) is 0 Å². The maximum atomic E-state index is 12.6. The topological polar surface area (TPSA) is 106 Å². The van der Waals surface area contributed by atoms with E-state index in [0.717, 1.165) is 5.56 Å². The van der Waals surface area contributed by atoms with Crippen LogP contribution in [0.5, 0.6) is 5.75 Å². The highest BCUT2D eigenvalue weighted by molar-refractivity contribution is 5.89. The summed E-state index contributed by atoms with van der Waals surface area (Å²) in [6.45, 7) is 3.53. The Hall–Kier alpha value is -3.61. The number of rotatable bonds is 7. The summed E-state index contributed by atoms with van der Waals surface area (Å²) in [5, 5.41) is 12.7. The zero-order chi connectivity index (χ0) is 21.8. The molecule has 1 atom stereocenters. The van der Waals surface area contributed by atoms with E-state index in [9.17, 15) is 19.5 Å². The molecule has 7 heteroatoms. The lowest BCUT2D eigenvalue weighted by molar-refractivity contribution is -0.141. The van der Waals surface area contributed by atoms with Crippen molar-refractivity contribution in [2.75, 3.05) is 7.11 Å². The summed E-state index contributed by atoms with van der Waals surface area (Å²) in [6, 6.07) is 11.5. The predicted octanol–water partition coefficient (Wildman–Crippen LogP) is 2.77. The summed E-state index contributed by atoms with van der Waals surface area (Å²) >= 11 is 0. The Balaban J connectivity index is 1.85. The first-order chi connectivity index (χ1) is 14.3. The number of carbonyl (C=O) groups excluding carboxylic acids is 1. The summed E-state index contributed by atoms with van der Waals surface area (Å²) < 4.78 is 10.7. The van der Waals surface area contributed by atoms with Crippen LogP contribution >= 0.6 is 0 Å². The first-order valence-electron chi connectivity index (χ1n) is 9.47. The van der Waals surface area contributed by atoms with Crippen molar-refractivity contribution in [3.05, 3.63) is 75.1 Å². The number of aryl methyl sites for hydroxylation is 2. The van der Waals surface area contributed by atoms with Crippen LogP contribution < -0.4 is 15.7 Å². The lowest BCUT2D eigenvalue weighted by Gasteiger charge is -2.15. The summed E-state index contributed by atoms with van der Waals surface area (Å²) in [6.07, 6.45) is -0.125. The molecular formula is C23H23NO6. The number of benzene rings is 2. The summed E-state index contributed by atoms with van der Waals surface area (Å²) in [4.78, 5) is 36.7. The molecule has 3 aromatic rings. The second kappa shape index (κ2) is 8.82. The molecule has 0 saturated heterocycles. The number of carbonyl (C=O) groups is 2. The van der Waals surface area contributed by atoms with Crippen molar-refractivity contribution in [1.29, 1.82) is 0 Å². The smallest absolute Gasteiger partial charge is 0.340 e. The van der Waals surface area contributed by atoms with Gasteiger partial charge in [0.05, 0.1) is 19.1 Å². The fourth-order valence-corrected chi connectivity index (χ4v) is 3.45. The fraction of sp³-hybridized carbons (Fsp3) is 0.261. The molecule has 2 N–H and O–H groups in total. The summed E-state index contributed by atoms with van der Waals surface area (Å²) in [7, 11) is 1.53. The van der Waals surface area contributed by atoms with E-state index in [4.69, 9.17) is 9.15 Å². The predicted molar refractivity (Wildman–Crippen MR) is 112 cm³/mol. The quantitative estimate of drug-likeness (QED) is 0.581. The van der Waals surface area contributed by atoms with Gasteiger partial charge in [0.2, 0.25) is 5.91 Å². The lowest BCUT2D eigenvalue weighted by atomic mass is 10.0. The molecule has 2 aromatic carbocycles. The van der Waals surface area contributed by atoms with Crippen molar-refractivity contribution in [3.8, 4) is 5.75 Å². The van der Waals surface area contributed by atoms with Gasteiger partial charge < -0.3 is 19.6 Å². The van der Waals surface area contributed by atoms with Crippen molar-refractivity contribution in [2.45, 2.75) is 32.7 Å². The lowest BCUT2D eigenvalue weighted by Crippen LogP contribution is -2.43. The first kappa shape index (κ1) is 21.1. The Bertz CT molecular complexity index is 1150. The van der Waals surface area contributed by atoms with E-state index in [2.05, 4.69) is 5.32 Å². The van der Waals surface area contributed by atoms with Gasteiger partial charge in [0.1, 0.15) is 17.4 Å². The van der Waals surface area contributed by atoms with Crippen LogP contribution in [0.2, 0.25) is 0 Å². The molecular weight excluding hydrogens is 386 g/mol. The number of methoxy groups -OCH3 is 1. The van der Waals surface area contributed by atoms with Gasteiger partial charge in [0, 0.05) is 17.4 Å². The average Bonchev–Trinajstić information content (AvgIpc) is 2.72. The van der Waals surface area contributed by atoms with E-state index < -0.39 is 23.5 Å². The molecule has 1 heterocycles. The van der Waals surface area contributed by atoms with Crippen molar-refractivity contribution in [1.82, 2.24) is 5.32 Å². The molecule has 7 nitrogen and oxygen atoms in total. The van der Waals surface area contributed by atoms with Gasteiger partial charge in [-0.25, -0.2) is 9.59 Å². The van der Waals surface area contributed by atoms with Gasteiger partial charge in [-0.05, 0) is 37.1 Å². The normalized spacial score (nSPS) is 11.8. The number of carboxylic acids is 1. The minimum atomic E-state index is -1.14. The molecule has 0 aliphatic rings. The van der Waals surface area contributed by atoms with Crippen LogP contribution in [0.4, 0.5) is 0 Å². The third-order valence-corrected chi connectivity index (χ3v) is 5.13. The van der Waals surface area contributed by atoms with E-state index in [1.54, 1.807) is 50.2 Å². The molecule has 0 fully saturated rings. The van der Waals surface area contributed by atoms with E-state index >= 15 is 0 Å². The van der Waals surface area contributed by atoms with Crippen LogP contribution in [0.3, 0.4) is 0 Å². The van der Waals surface area contributed by atoms with Crippen molar-refractivity contribution in [3.63, 3.8) is 0 Å². The molecule has 1 aromatic heterocycles. The maximum Gasteiger partial charge on any atom is 0.340 e. The van der Waals surface area contributed by atoms with E-state index in [-0.39, 0.29) is 18.4 Å². The second-order valence-corrected chi connectivity index (χ2v) is 7.09. The number of aliphatic carboxylic acids is 1. The van der Waals surface area contributed by atoms with Crippen LogP contribution in [-0.2, 0) is 22.4 Å². The van der Waals surface area contributed by atoms with Gasteiger partial charge in [0.15, 0.2) is 0 Å². The van der Waals surface area contributed by atoms with Gasteiger partial charge >= 0.3 is 11.6 Å². The van der Waals surface area contributed by atoms with E-state index in [1.807, 2.05) is 6.07 Å². The number of amides is 1. The van der Waals surface area contributed by atoms with Gasteiger partial charge in [-0.1, -0.05) is 30.3 Å². The second-order valence-electron chi connectivity index (χ2n) is 7.09. The molecule has 1 amide bonds. The minimum absolute atomic E-state index is 0.145. The van der Waals surface area contributed by atoms with Crippen LogP contribution in [0, 0.1) is 13.8 Å². The van der Waals surface area contributed by atoms with E-state index in [0.29, 0.717) is 27.8 Å². The number of fused-ring (bicyclic) bond motifs is 1. The summed E-state index contributed by atoms with van der Waals surface area (Å²) in [5.74, 6) is -1.10. The Kier molecular flexibility index (Phi) is 6.20. The van der Waals surface area contributed by atoms with Crippen LogP contribution in [0.25, 0.3) is 11.0 Å². The zero-order valence-corrected chi connectivity index (χ0v) is 17.0. The Morgan fingerprint density at radius 1 is 1.10 bits per heavy atom. The Morgan fingerprint density at radius 2 is 1.80 bits per heavy atom. The van der Waals surface area contributed by atoms with Gasteiger partial charge in [-0.3, -0.25) is 4.79 Å². The molecule has 0 saturated carbocycles. The number of ether oxygens (including phenoxy) is 1. The maximum absolute atomic E-state index is 12.6. The molecule has 30 heavy (non-hydrogen) atoms. The number of hydrogen-bond acceptors (Lipinski definition) is 5. The average molecular weight is 409 g/mol. The highest BCUT2D eigenvalue weighted by Crippen LogP contribution is 2.29. The molecule has 1 unspecified atom stereocenters. The van der Waals surface area contributed by atoms with Crippen molar-refractivity contribution < 1.29 is 23.8 Å². The molecule has 0 radical (unpaired) electrons.